The van der Waals surface area contributed by atoms with Crippen LogP contribution in [0.3, 0.4) is 0 Å². The molecule has 0 aliphatic carbocycles. The van der Waals surface area contributed by atoms with Crippen molar-refractivity contribution in [2.24, 2.45) is 0 Å². The maximum Gasteiger partial charge on any atom is 0.337 e. The summed E-state index contributed by atoms with van der Waals surface area (Å²) < 4.78 is 0. The molecule has 16 heavy (non-hydrogen) atoms. The highest BCUT2D eigenvalue weighted by molar-refractivity contribution is 7.10. The SMILES string of the molecule is Cc1sccc1-c1ccc(Cl)c(C(=O)O)c1. The monoisotopic (exact) mass is 252 g/mol. The normalized spacial score (nSPS) is 10.4. The van der Waals surface area contributed by atoms with Crippen LogP contribution >= 0.6 is 22.9 Å². The summed E-state index contributed by atoms with van der Waals surface area (Å²) in [5.74, 6) is -1.00. The average molecular weight is 253 g/mol. The Hall–Kier alpha value is -1.32. The van der Waals surface area contributed by atoms with Crippen molar-refractivity contribution in [3.8, 4) is 11.1 Å². The van der Waals surface area contributed by atoms with E-state index in [0.717, 1.165) is 11.1 Å². The first kappa shape index (κ1) is 11.2. The van der Waals surface area contributed by atoms with E-state index in [4.69, 9.17) is 16.7 Å². The van der Waals surface area contributed by atoms with Crippen molar-refractivity contribution in [2.75, 3.05) is 0 Å². The molecule has 0 saturated carbocycles. The third-order valence-electron chi connectivity index (χ3n) is 2.37. The van der Waals surface area contributed by atoms with Crippen molar-refractivity contribution in [3.05, 3.63) is 45.1 Å². The molecule has 0 aliphatic heterocycles. The van der Waals surface area contributed by atoms with Crippen molar-refractivity contribution in [2.45, 2.75) is 6.92 Å². The third kappa shape index (κ3) is 1.96. The predicted octanol–water partition coefficient (Wildman–Crippen LogP) is 4.08. The average Bonchev–Trinajstić information content (AvgIpc) is 2.65. The van der Waals surface area contributed by atoms with E-state index in [1.54, 1.807) is 23.5 Å². The number of carboxylic acid groups (broad SMARTS) is 1. The topological polar surface area (TPSA) is 37.3 Å². The van der Waals surface area contributed by atoms with Gasteiger partial charge >= 0.3 is 5.97 Å². The molecule has 1 aromatic carbocycles. The Bertz CT molecular complexity index is 546. The van der Waals surface area contributed by atoms with E-state index in [-0.39, 0.29) is 10.6 Å². The smallest absolute Gasteiger partial charge is 0.337 e. The number of halogens is 1. The van der Waals surface area contributed by atoms with E-state index >= 15 is 0 Å². The number of thiophene rings is 1. The Balaban J connectivity index is 2.56. The fourth-order valence-corrected chi connectivity index (χ4v) is 2.46. The van der Waals surface area contributed by atoms with Gasteiger partial charge in [-0.3, -0.25) is 0 Å². The molecular weight excluding hydrogens is 244 g/mol. The number of aromatic carboxylic acids is 1. The van der Waals surface area contributed by atoms with Crippen molar-refractivity contribution in [1.29, 1.82) is 0 Å². The van der Waals surface area contributed by atoms with E-state index in [1.165, 1.54) is 4.88 Å². The molecule has 1 N–H and O–H groups in total. The predicted molar refractivity (Wildman–Crippen MR) is 66.5 cm³/mol. The molecule has 1 heterocycles. The minimum Gasteiger partial charge on any atom is -0.478 e. The summed E-state index contributed by atoms with van der Waals surface area (Å²) >= 11 is 7.45. The second-order valence-corrected chi connectivity index (χ2v) is 4.92. The zero-order valence-corrected chi connectivity index (χ0v) is 10.1. The molecule has 1 aromatic heterocycles. The number of aryl methyl sites for hydroxylation is 1. The summed E-state index contributed by atoms with van der Waals surface area (Å²) in [6.07, 6.45) is 0. The number of rotatable bonds is 2. The fraction of sp³-hybridized carbons (Fsp3) is 0.0833. The Morgan fingerprint density at radius 3 is 2.69 bits per heavy atom. The van der Waals surface area contributed by atoms with Crippen LogP contribution in [-0.2, 0) is 0 Å². The van der Waals surface area contributed by atoms with E-state index < -0.39 is 5.97 Å². The van der Waals surface area contributed by atoms with Gasteiger partial charge in [0.15, 0.2) is 0 Å². The molecule has 2 rings (SSSR count). The summed E-state index contributed by atoms with van der Waals surface area (Å²) in [6, 6.07) is 7.05. The van der Waals surface area contributed by atoms with Crippen molar-refractivity contribution >= 4 is 28.9 Å². The van der Waals surface area contributed by atoms with Crippen molar-refractivity contribution < 1.29 is 9.90 Å². The van der Waals surface area contributed by atoms with Gasteiger partial charge in [0.25, 0.3) is 0 Å². The van der Waals surface area contributed by atoms with Gasteiger partial charge in [-0.25, -0.2) is 4.79 Å². The van der Waals surface area contributed by atoms with Gasteiger partial charge in [-0.2, -0.15) is 0 Å². The van der Waals surface area contributed by atoms with Crippen LogP contribution in [0.4, 0.5) is 0 Å². The second-order valence-electron chi connectivity index (χ2n) is 3.39. The number of hydrogen-bond acceptors (Lipinski definition) is 2. The highest BCUT2D eigenvalue weighted by Gasteiger charge is 2.11. The minimum atomic E-state index is -1.00. The Morgan fingerprint density at radius 2 is 2.12 bits per heavy atom. The van der Waals surface area contributed by atoms with Crippen molar-refractivity contribution in [1.82, 2.24) is 0 Å². The van der Waals surface area contributed by atoms with Crippen LogP contribution in [-0.4, -0.2) is 11.1 Å². The highest BCUT2D eigenvalue weighted by atomic mass is 35.5. The van der Waals surface area contributed by atoms with Gasteiger partial charge < -0.3 is 5.11 Å². The van der Waals surface area contributed by atoms with Gasteiger partial charge in [0, 0.05) is 4.88 Å². The van der Waals surface area contributed by atoms with Crippen LogP contribution in [0.25, 0.3) is 11.1 Å². The van der Waals surface area contributed by atoms with Gasteiger partial charge in [0.1, 0.15) is 0 Å². The van der Waals surface area contributed by atoms with E-state index in [0.29, 0.717) is 0 Å². The van der Waals surface area contributed by atoms with Crippen LogP contribution in [0.5, 0.6) is 0 Å². The molecular formula is C12H9ClO2S. The number of carboxylic acids is 1. The molecule has 0 fully saturated rings. The zero-order chi connectivity index (χ0) is 11.7. The standard InChI is InChI=1S/C12H9ClO2S/c1-7-9(4-5-16-7)8-2-3-11(13)10(6-8)12(14)15/h2-6H,1H3,(H,14,15). The number of carbonyl (C=O) groups is 1. The molecule has 0 amide bonds. The number of hydrogen-bond donors (Lipinski definition) is 1. The first-order valence-electron chi connectivity index (χ1n) is 4.67. The zero-order valence-electron chi connectivity index (χ0n) is 8.53. The van der Waals surface area contributed by atoms with Crippen LogP contribution in [0.15, 0.2) is 29.6 Å². The largest absolute Gasteiger partial charge is 0.478 e. The third-order valence-corrected chi connectivity index (χ3v) is 3.54. The van der Waals surface area contributed by atoms with Crippen LogP contribution in [0.1, 0.15) is 15.2 Å². The lowest BCUT2D eigenvalue weighted by molar-refractivity contribution is 0.0697. The molecule has 2 aromatic rings. The summed E-state index contributed by atoms with van der Waals surface area (Å²) in [6.45, 7) is 2.01. The fourth-order valence-electron chi connectivity index (χ4n) is 1.54. The lowest BCUT2D eigenvalue weighted by Gasteiger charge is -2.04. The summed E-state index contributed by atoms with van der Waals surface area (Å²) in [5, 5.41) is 11.2. The van der Waals surface area contributed by atoms with Gasteiger partial charge in [-0.1, -0.05) is 17.7 Å². The van der Waals surface area contributed by atoms with Gasteiger partial charge in [-0.15, -0.1) is 11.3 Å². The first-order valence-corrected chi connectivity index (χ1v) is 5.92. The maximum absolute atomic E-state index is 10.9. The number of benzene rings is 1. The Morgan fingerprint density at radius 1 is 1.38 bits per heavy atom. The van der Waals surface area contributed by atoms with Gasteiger partial charge in [0.2, 0.25) is 0 Å². The summed E-state index contributed by atoms with van der Waals surface area (Å²) in [5.41, 5.74) is 2.09. The molecule has 82 valence electrons. The van der Waals surface area contributed by atoms with Crippen LogP contribution in [0.2, 0.25) is 5.02 Å². The molecule has 2 nitrogen and oxygen atoms in total. The van der Waals surface area contributed by atoms with Gasteiger partial charge in [0.05, 0.1) is 10.6 Å². The van der Waals surface area contributed by atoms with Crippen LogP contribution in [0, 0.1) is 6.92 Å². The summed E-state index contributed by atoms with van der Waals surface area (Å²) in [7, 11) is 0. The molecule has 0 saturated heterocycles. The van der Waals surface area contributed by atoms with E-state index in [1.807, 2.05) is 24.4 Å². The quantitative estimate of drug-likeness (QED) is 0.875. The van der Waals surface area contributed by atoms with E-state index in [2.05, 4.69) is 0 Å². The molecule has 0 bridgehead atoms. The van der Waals surface area contributed by atoms with Gasteiger partial charge in [-0.05, 0) is 41.6 Å². The second kappa shape index (κ2) is 4.28. The molecule has 0 radical (unpaired) electrons. The molecule has 0 spiro atoms. The molecule has 0 aliphatic rings. The molecule has 4 heteroatoms. The maximum atomic E-state index is 10.9. The summed E-state index contributed by atoms with van der Waals surface area (Å²) in [4.78, 5) is 12.1. The Kier molecular flexibility index (Phi) is 2.99. The molecule has 0 atom stereocenters. The minimum absolute atomic E-state index is 0.143. The van der Waals surface area contributed by atoms with E-state index in [9.17, 15) is 4.79 Å². The van der Waals surface area contributed by atoms with Crippen LogP contribution < -0.4 is 0 Å². The first-order chi connectivity index (χ1) is 7.59. The lowest BCUT2D eigenvalue weighted by atomic mass is 10.0. The lowest BCUT2D eigenvalue weighted by Crippen LogP contribution is -1.97. The molecule has 0 unspecified atom stereocenters. The van der Waals surface area contributed by atoms with Crippen molar-refractivity contribution in [3.63, 3.8) is 0 Å². The Labute approximate surface area is 102 Å². The highest BCUT2D eigenvalue weighted by Crippen LogP contribution is 2.30.